The fraction of sp³-hybridized carbons (Fsp3) is 0.174. The smallest absolute Gasteiger partial charge is 0.137 e. The van der Waals surface area contributed by atoms with E-state index in [1.54, 1.807) is 24.3 Å². The predicted octanol–water partition coefficient (Wildman–Crippen LogP) is 5.83. The molecule has 1 aliphatic carbocycles. The van der Waals surface area contributed by atoms with Crippen molar-refractivity contribution in [3.05, 3.63) is 82.4 Å². The van der Waals surface area contributed by atoms with E-state index in [1.165, 1.54) is 11.6 Å². The number of nitriles is 1. The Morgan fingerprint density at radius 1 is 0.962 bits per heavy atom. The number of aryl methyl sites for hydroxylation is 2. The molecule has 0 heterocycles. The minimum absolute atomic E-state index is 0.0122. The van der Waals surface area contributed by atoms with Gasteiger partial charge in [-0.05, 0) is 70.8 Å². The quantitative estimate of drug-likeness (QED) is 0.573. The van der Waals surface area contributed by atoms with Gasteiger partial charge in [0.25, 0.3) is 0 Å². The van der Waals surface area contributed by atoms with Gasteiger partial charge in [-0.1, -0.05) is 37.3 Å². The third kappa shape index (κ3) is 2.59. The lowest BCUT2D eigenvalue weighted by Gasteiger charge is -2.23. The van der Waals surface area contributed by atoms with Gasteiger partial charge in [0, 0.05) is 0 Å². The number of hydrogen-bond acceptors (Lipinski definition) is 1. The summed E-state index contributed by atoms with van der Waals surface area (Å²) in [6.45, 7) is 2.10. The normalized spacial score (nSPS) is 12.2. The fourth-order valence-electron chi connectivity index (χ4n) is 3.72. The van der Waals surface area contributed by atoms with Crippen LogP contribution in [0, 0.1) is 23.0 Å². The van der Waals surface area contributed by atoms with E-state index in [9.17, 15) is 4.39 Å². The largest absolute Gasteiger partial charge is 0.206 e. The van der Waals surface area contributed by atoms with Crippen molar-refractivity contribution in [2.75, 3.05) is 0 Å². The van der Waals surface area contributed by atoms with Crippen LogP contribution in [0.3, 0.4) is 0 Å². The van der Waals surface area contributed by atoms with E-state index in [1.807, 2.05) is 18.2 Å². The molecule has 0 amide bonds. The lowest BCUT2D eigenvalue weighted by Crippen LogP contribution is -2.09. The molecule has 1 aliphatic rings. The molecule has 128 valence electrons. The van der Waals surface area contributed by atoms with Gasteiger partial charge >= 0.3 is 0 Å². The van der Waals surface area contributed by atoms with E-state index in [-0.39, 0.29) is 5.56 Å². The Morgan fingerprint density at radius 2 is 1.73 bits per heavy atom. The zero-order valence-corrected chi connectivity index (χ0v) is 14.4. The van der Waals surface area contributed by atoms with Crippen LogP contribution < -0.4 is 0 Å². The van der Waals surface area contributed by atoms with Crippen molar-refractivity contribution >= 4 is 0 Å². The van der Waals surface area contributed by atoms with Gasteiger partial charge in [-0.15, -0.1) is 0 Å². The topological polar surface area (TPSA) is 23.8 Å². The molecule has 0 N–H and O–H groups in total. The summed E-state index contributed by atoms with van der Waals surface area (Å²) in [5.74, 6) is -1.06. The second-order valence-corrected chi connectivity index (χ2v) is 6.61. The third-order valence-corrected chi connectivity index (χ3v) is 5.13. The van der Waals surface area contributed by atoms with Crippen molar-refractivity contribution in [3.63, 3.8) is 0 Å². The van der Waals surface area contributed by atoms with Crippen molar-refractivity contribution in [2.45, 2.75) is 26.2 Å². The van der Waals surface area contributed by atoms with Crippen LogP contribution in [0.2, 0.25) is 0 Å². The maximum Gasteiger partial charge on any atom is 0.137 e. The molecule has 0 radical (unpaired) electrons. The summed E-state index contributed by atoms with van der Waals surface area (Å²) in [5, 5.41) is 8.90. The molecule has 0 atom stereocenters. The molecular formula is C23H17F2N. The minimum atomic E-state index is -0.571. The Labute approximate surface area is 151 Å². The Hall–Kier alpha value is -2.99. The number of nitrogens with zero attached hydrogens (tertiary/aromatic N) is 1. The van der Waals surface area contributed by atoms with Crippen molar-refractivity contribution in [1.29, 1.82) is 5.26 Å². The molecular weight excluding hydrogens is 328 g/mol. The Balaban J connectivity index is 1.88. The van der Waals surface area contributed by atoms with Crippen molar-refractivity contribution in [1.82, 2.24) is 0 Å². The minimum Gasteiger partial charge on any atom is -0.206 e. The number of hydrogen-bond donors (Lipinski definition) is 0. The number of halogens is 2. The van der Waals surface area contributed by atoms with Crippen LogP contribution in [0.1, 0.15) is 29.2 Å². The first kappa shape index (κ1) is 16.5. The first-order chi connectivity index (χ1) is 12.6. The molecule has 3 aromatic carbocycles. The Bertz CT molecular complexity index is 1040. The SMILES string of the molecule is CCc1ccc2c(c1)CCc1c-2cc(F)c(-c2ccc(C#N)cc2)c1F. The van der Waals surface area contributed by atoms with E-state index >= 15 is 4.39 Å². The monoisotopic (exact) mass is 345 g/mol. The molecule has 1 nitrogen and oxygen atoms in total. The van der Waals surface area contributed by atoms with Crippen LogP contribution >= 0.6 is 0 Å². The molecule has 0 unspecified atom stereocenters. The molecule has 0 fully saturated rings. The average Bonchev–Trinajstić information content (AvgIpc) is 2.67. The molecule has 0 aromatic heterocycles. The summed E-state index contributed by atoms with van der Waals surface area (Å²) in [5.41, 5.74) is 5.45. The second-order valence-electron chi connectivity index (χ2n) is 6.61. The summed E-state index contributed by atoms with van der Waals surface area (Å²) in [7, 11) is 0. The standard InChI is InChI=1S/C23H17F2N/c1-2-14-5-9-18-17(11-14)8-10-19-20(18)12-21(24)22(23(19)25)16-6-3-15(13-26)4-7-16/h3-7,9,11-12H,2,8,10H2,1H3. The molecule has 26 heavy (non-hydrogen) atoms. The average molecular weight is 345 g/mol. The van der Waals surface area contributed by atoms with Gasteiger partial charge in [0.1, 0.15) is 11.6 Å². The lowest BCUT2D eigenvalue weighted by molar-refractivity contribution is 0.577. The van der Waals surface area contributed by atoms with E-state index < -0.39 is 11.6 Å². The summed E-state index contributed by atoms with van der Waals surface area (Å²) < 4.78 is 30.1. The predicted molar refractivity (Wildman–Crippen MR) is 98.7 cm³/mol. The van der Waals surface area contributed by atoms with Gasteiger partial charge in [0.15, 0.2) is 0 Å². The fourth-order valence-corrected chi connectivity index (χ4v) is 3.72. The van der Waals surface area contributed by atoms with Crippen LogP contribution in [0.4, 0.5) is 8.78 Å². The van der Waals surface area contributed by atoms with E-state index in [0.29, 0.717) is 28.7 Å². The maximum atomic E-state index is 15.2. The summed E-state index contributed by atoms with van der Waals surface area (Å²) in [6, 6.07) is 16.0. The van der Waals surface area contributed by atoms with Crippen LogP contribution in [-0.2, 0) is 19.3 Å². The van der Waals surface area contributed by atoms with Gasteiger partial charge in [0.05, 0.1) is 17.2 Å². The molecule has 0 spiro atoms. The van der Waals surface area contributed by atoms with Gasteiger partial charge < -0.3 is 0 Å². The molecule has 3 aromatic rings. The third-order valence-electron chi connectivity index (χ3n) is 5.13. The van der Waals surface area contributed by atoms with Crippen LogP contribution in [0.25, 0.3) is 22.3 Å². The first-order valence-electron chi connectivity index (χ1n) is 8.76. The molecule has 4 rings (SSSR count). The first-order valence-corrected chi connectivity index (χ1v) is 8.76. The van der Waals surface area contributed by atoms with Gasteiger partial charge in [-0.25, -0.2) is 8.78 Å². The summed E-state index contributed by atoms with van der Waals surface area (Å²) >= 11 is 0. The molecule has 0 saturated heterocycles. The summed E-state index contributed by atoms with van der Waals surface area (Å²) in [6.07, 6.45) is 2.26. The van der Waals surface area contributed by atoms with E-state index in [2.05, 4.69) is 13.0 Å². The van der Waals surface area contributed by atoms with Crippen LogP contribution in [-0.4, -0.2) is 0 Å². The number of fused-ring (bicyclic) bond motifs is 3. The maximum absolute atomic E-state index is 15.2. The molecule has 0 saturated carbocycles. The highest BCUT2D eigenvalue weighted by Crippen LogP contribution is 2.40. The molecule has 0 aliphatic heterocycles. The number of benzene rings is 3. The highest BCUT2D eigenvalue weighted by Gasteiger charge is 2.25. The van der Waals surface area contributed by atoms with Crippen molar-refractivity contribution < 1.29 is 8.78 Å². The number of rotatable bonds is 2. The van der Waals surface area contributed by atoms with Gasteiger partial charge in [-0.2, -0.15) is 5.26 Å². The van der Waals surface area contributed by atoms with Crippen LogP contribution in [0.5, 0.6) is 0 Å². The van der Waals surface area contributed by atoms with Crippen molar-refractivity contribution in [2.24, 2.45) is 0 Å². The molecule has 0 bridgehead atoms. The zero-order valence-electron chi connectivity index (χ0n) is 14.4. The second kappa shape index (κ2) is 6.38. The van der Waals surface area contributed by atoms with Crippen molar-refractivity contribution in [3.8, 4) is 28.3 Å². The lowest BCUT2D eigenvalue weighted by atomic mass is 9.82. The highest BCUT2D eigenvalue weighted by atomic mass is 19.1. The zero-order chi connectivity index (χ0) is 18.3. The van der Waals surface area contributed by atoms with Gasteiger partial charge in [-0.3, -0.25) is 0 Å². The Kier molecular flexibility index (Phi) is 4.05. The van der Waals surface area contributed by atoms with Crippen LogP contribution in [0.15, 0.2) is 48.5 Å². The Morgan fingerprint density at radius 3 is 2.42 bits per heavy atom. The molecule has 3 heteroatoms. The summed E-state index contributed by atoms with van der Waals surface area (Å²) in [4.78, 5) is 0. The highest BCUT2D eigenvalue weighted by molar-refractivity contribution is 5.78. The van der Waals surface area contributed by atoms with E-state index in [4.69, 9.17) is 5.26 Å². The van der Waals surface area contributed by atoms with Gasteiger partial charge in [0.2, 0.25) is 0 Å². The van der Waals surface area contributed by atoms with E-state index in [0.717, 1.165) is 24.0 Å².